The lowest BCUT2D eigenvalue weighted by atomic mass is 10.2. The summed E-state index contributed by atoms with van der Waals surface area (Å²) in [4.78, 5) is 9.14. The van der Waals surface area contributed by atoms with Crippen LogP contribution in [0.15, 0.2) is 18.2 Å². The summed E-state index contributed by atoms with van der Waals surface area (Å²) in [5.41, 5.74) is 5.69. The first kappa shape index (κ1) is 11.2. The summed E-state index contributed by atoms with van der Waals surface area (Å²) in [7, 11) is 0. The van der Waals surface area contributed by atoms with E-state index in [1.807, 2.05) is 18.2 Å². The van der Waals surface area contributed by atoms with Crippen molar-refractivity contribution < 1.29 is 0 Å². The molecule has 0 atom stereocenters. The summed E-state index contributed by atoms with van der Waals surface area (Å²) in [6.45, 7) is 8.77. The van der Waals surface area contributed by atoms with Crippen molar-refractivity contribution in [1.29, 1.82) is 0 Å². The van der Waals surface area contributed by atoms with Gasteiger partial charge in [0.1, 0.15) is 11.6 Å². The molecule has 4 nitrogen and oxygen atoms in total. The van der Waals surface area contributed by atoms with Crippen molar-refractivity contribution in [2.24, 2.45) is 0 Å². The van der Waals surface area contributed by atoms with E-state index in [0.717, 1.165) is 32.0 Å². The molecule has 16 heavy (non-hydrogen) atoms. The van der Waals surface area contributed by atoms with Gasteiger partial charge in [-0.05, 0) is 26.0 Å². The summed E-state index contributed by atoms with van der Waals surface area (Å²) < 4.78 is 0. The van der Waals surface area contributed by atoms with Gasteiger partial charge >= 0.3 is 0 Å². The van der Waals surface area contributed by atoms with Gasteiger partial charge in [0.15, 0.2) is 0 Å². The van der Waals surface area contributed by atoms with E-state index in [-0.39, 0.29) is 0 Å². The van der Waals surface area contributed by atoms with E-state index in [2.05, 4.69) is 28.6 Å². The highest BCUT2D eigenvalue weighted by Crippen LogP contribution is 2.15. The summed E-state index contributed by atoms with van der Waals surface area (Å²) in [6.07, 6.45) is 0. The number of nitrogens with zero attached hydrogens (tertiary/aromatic N) is 3. The number of rotatable bonds is 2. The normalized spacial score (nSPS) is 18.1. The lowest BCUT2D eigenvalue weighted by molar-refractivity contribution is 0.209. The van der Waals surface area contributed by atoms with Gasteiger partial charge in [-0.2, -0.15) is 0 Å². The molecule has 0 saturated carbocycles. The average Bonchev–Trinajstić information content (AvgIpc) is 2.29. The molecule has 1 saturated heterocycles. The third-order valence-electron chi connectivity index (χ3n) is 3.12. The average molecular weight is 220 g/mol. The maximum Gasteiger partial charge on any atom is 0.131 e. The molecular weight excluding hydrogens is 200 g/mol. The summed E-state index contributed by atoms with van der Waals surface area (Å²) in [5, 5.41) is 0. The fraction of sp³-hybridized carbons (Fsp3) is 0.583. The lowest BCUT2D eigenvalue weighted by Crippen LogP contribution is -2.49. The van der Waals surface area contributed by atoms with Gasteiger partial charge in [0.2, 0.25) is 0 Å². The van der Waals surface area contributed by atoms with Gasteiger partial charge < -0.3 is 10.6 Å². The molecular formula is C12H20N4. The second-order valence-electron chi connectivity index (χ2n) is 4.54. The Morgan fingerprint density at radius 1 is 1.19 bits per heavy atom. The van der Waals surface area contributed by atoms with Crippen LogP contribution in [0.1, 0.15) is 13.8 Å². The number of nitrogens with two attached hydrogens (primary N) is 1. The number of anilines is 2. The first-order valence-corrected chi connectivity index (χ1v) is 5.88. The monoisotopic (exact) mass is 220 g/mol. The molecule has 0 radical (unpaired) electrons. The number of piperazine rings is 1. The van der Waals surface area contributed by atoms with E-state index >= 15 is 0 Å². The van der Waals surface area contributed by atoms with Crippen molar-refractivity contribution in [1.82, 2.24) is 9.88 Å². The van der Waals surface area contributed by atoms with Crippen LogP contribution in [0.5, 0.6) is 0 Å². The fourth-order valence-electron chi connectivity index (χ4n) is 2.08. The van der Waals surface area contributed by atoms with Gasteiger partial charge in [0.05, 0.1) is 0 Å². The SMILES string of the molecule is CC(C)N1CCN(c2cccc(N)n2)CC1. The predicted octanol–water partition coefficient (Wildman–Crippen LogP) is 1.19. The Kier molecular flexibility index (Phi) is 3.29. The van der Waals surface area contributed by atoms with Crippen LogP contribution in [0.2, 0.25) is 0 Å². The highest BCUT2D eigenvalue weighted by molar-refractivity contribution is 5.45. The van der Waals surface area contributed by atoms with E-state index in [1.54, 1.807) is 0 Å². The van der Waals surface area contributed by atoms with E-state index in [0.29, 0.717) is 11.9 Å². The topological polar surface area (TPSA) is 45.4 Å². The van der Waals surface area contributed by atoms with Crippen molar-refractivity contribution in [2.75, 3.05) is 36.8 Å². The van der Waals surface area contributed by atoms with Crippen LogP contribution in [-0.2, 0) is 0 Å². The van der Waals surface area contributed by atoms with Crippen LogP contribution < -0.4 is 10.6 Å². The Morgan fingerprint density at radius 3 is 2.44 bits per heavy atom. The van der Waals surface area contributed by atoms with E-state index in [4.69, 9.17) is 5.73 Å². The number of pyridine rings is 1. The van der Waals surface area contributed by atoms with Crippen LogP contribution in [0.3, 0.4) is 0 Å². The van der Waals surface area contributed by atoms with Gasteiger partial charge in [-0.25, -0.2) is 4.98 Å². The zero-order valence-corrected chi connectivity index (χ0v) is 10.1. The lowest BCUT2D eigenvalue weighted by Gasteiger charge is -2.37. The molecule has 4 heteroatoms. The van der Waals surface area contributed by atoms with Crippen LogP contribution >= 0.6 is 0 Å². The maximum absolute atomic E-state index is 5.69. The van der Waals surface area contributed by atoms with Crippen LogP contribution in [0.25, 0.3) is 0 Å². The van der Waals surface area contributed by atoms with E-state index < -0.39 is 0 Å². The Labute approximate surface area is 97.1 Å². The molecule has 1 aromatic heterocycles. The zero-order valence-electron chi connectivity index (χ0n) is 10.1. The highest BCUT2D eigenvalue weighted by atomic mass is 15.3. The van der Waals surface area contributed by atoms with E-state index in [1.165, 1.54) is 0 Å². The second kappa shape index (κ2) is 4.70. The number of nitrogen functional groups attached to an aromatic ring is 1. The third-order valence-corrected chi connectivity index (χ3v) is 3.12. The molecule has 1 aromatic rings. The first-order valence-electron chi connectivity index (χ1n) is 5.88. The summed E-state index contributed by atoms with van der Waals surface area (Å²) in [6, 6.07) is 6.46. The minimum absolute atomic E-state index is 0.601. The molecule has 2 heterocycles. The van der Waals surface area contributed by atoms with Gasteiger partial charge in [-0.3, -0.25) is 4.90 Å². The van der Waals surface area contributed by atoms with Crippen molar-refractivity contribution in [3.63, 3.8) is 0 Å². The molecule has 1 fully saturated rings. The maximum atomic E-state index is 5.69. The quantitative estimate of drug-likeness (QED) is 0.813. The minimum atomic E-state index is 0.601. The van der Waals surface area contributed by atoms with Crippen molar-refractivity contribution in [3.8, 4) is 0 Å². The molecule has 0 amide bonds. The van der Waals surface area contributed by atoms with Gasteiger partial charge in [0.25, 0.3) is 0 Å². The smallest absolute Gasteiger partial charge is 0.131 e. The van der Waals surface area contributed by atoms with Gasteiger partial charge in [-0.15, -0.1) is 0 Å². The molecule has 2 N–H and O–H groups in total. The zero-order chi connectivity index (χ0) is 11.5. The molecule has 0 aliphatic carbocycles. The van der Waals surface area contributed by atoms with Gasteiger partial charge in [-0.1, -0.05) is 6.07 Å². The molecule has 2 rings (SSSR count). The molecule has 1 aliphatic rings. The first-order chi connectivity index (χ1) is 7.66. The number of hydrogen-bond acceptors (Lipinski definition) is 4. The summed E-state index contributed by atoms with van der Waals surface area (Å²) in [5.74, 6) is 1.60. The Balaban J connectivity index is 1.99. The molecule has 1 aliphatic heterocycles. The van der Waals surface area contributed by atoms with E-state index in [9.17, 15) is 0 Å². The Morgan fingerprint density at radius 2 is 1.88 bits per heavy atom. The molecule has 0 spiro atoms. The van der Waals surface area contributed by atoms with Crippen LogP contribution in [-0.4, -0.2) is 42.1 Å². The van der Waals surface area contributed by atoms with Gasteiger partial charge in [0, 0.05) is 32.2 Å². The van der Waals surface area contributed by atoms with Crippen molar-refractivity contribution >= 4 is 11.6 Å². The van der Waals surface area contributed by atoms with Crippen LogP contribution in [0.4, 0.5) is 11.6 Å². The highest BCUT2D eigenvalue weighted by Gasteiger charge is 2.19. The standard InChI is InChI=1S/C12H20N4/c1-10(2)15-6-8-16(9-7-15)12-5-3-4-11(13)14-12/h3-5,10H,6-9H2,1-2H3,(H2,13,14). The minimum Gasteiger partial charge on any atom is -0.384 e. The fourth-order valence-corrected chi connectivity index (χ4v) is 2.08. The van der Waals surface area contributed by atoms with Crippen molar-refractivity contribution in [3.05, 3.63) is 18.2 Å². The second-order valence-corrected chi connectivity index (χ2v) is 4.54. The molecule has 0 unspecified atom stereocenters. The molecule has 0 bridgehead atoms. The summed E-state index contributed by atoms with van der Waals surface area (Å²) >= 11 is 0. The third kappa shape index (κ3) is 2.44. The number of aromatic nitrogens is 1. The van der Waals surface area contributed by atoms with Crippen molar-refractivity contribution in [2.45, 2.75) is 19.9 Å². The predicted molar refractivity (Wildman–Crippen MR) is 67.6 cm³/mol. The van der Waals surface area contributed by atoms with Crippen LogP contribution in [0, 0.1) is 0 Å². The number of hydrogen-bond donors (Lipinski definition) is 1. The molecule has 88 valence electrons. The Bertz CT molecular complexity index is 343. The Hall–Kier alpha value is -1.29. The largest absolute Gasteiger partial charge is 0.384 e. The molecule has 0 aromatic carbocycles.